The van der Waals surface area contributed by atoms with Crippen LogP contribution < -0.4 is 5.32 Å². The molecule has 0 spiro atoms. The van der Waals surface area contributed by atoms with Crippen LogP contribution in [-0.4, -0.2) is 17.0 Å². The largest absolute Gasteiger partial charge is 0.439 e. The summed E-state index contributed by atoms with van der Waals surface area (Å²) in [6.45, 7) is 0. The maximum absolute atomic E-state index is 12.9. The Morgan fingerprint density at radius 1 is 1.25 bits per heavy atom. The number of hydrogen-bond acceptors (Lipinski definition) is 3. The van der Waals surface area contributed by atoms with Crippen molar-refractivity contribution in [1.29, 1.82) is 0 Å². The van der Waals surface area contributed by atoms with Crippen LogP contribution in [0.1, 0.15) is 41.7 Å². The smallest absolute Gasteiger partial charge is 0.408 e. The summed E-state index contributed by atoms with van der Waals surface area (Å²) >= 11 is 12.4. The van der Waals surface area contributed by atoms with Crippen LogP contribution in [0.25, 0.3) is 0 Å². The molecular formula is C20H14Cl2F2N2O2. The number of rotatable bonds is 2. The molecule has 0 unspecified atom stereocenters. The van der Waals surface area contributed by atoms with E-state index < -0.39 is 24.2 Å². The zero-order valence-corrected chi connectivity index (χ0v) is 15.9. The number of amides is 1. The van der Waals surface area contributed by atoms with Gasteiger partial charge in [0.05, 0.1) is 10.0 Å². The fourth-order valence-electron chi connectivity index (χ4n) is 3.31. The van der Waals surface area contributed by atoms with Crippen molar-refractivity contribution in [2.45, 2.75) is 30.9 Å². The second-order valence-corrected chi connectivity index (χ2v) is 7.61. The first-order valence-electron chi connectivity index (χ1n) is 8.58. The van der Waals surface area contributed by atoms with Crippen molar-refractivity contribution in [2.24, 2.45) is 5.92 Å². The van der Waals surface area contributed by atoms with Gasteiger partial charge >= 0.3 is 6.09 Å². The highest BCUT2D eigenvalue weighted by molar-refractivity contribution is 6.42. The molecule has 8 heteroatoms. The van der Waals surface area contributed by atoms with Crippen LogP contribution in [0.4, 0.5) is 13.6 Å². The minimum absolute atomic E-state index is 0.213. The lowest BCUT2D eigenvalue weighted by molar-refractivity contribution is -0.0936. The van der Waals surface area contributed by atoms with Gasteiger partial charge in [-0.3, -0.25) is 4.98 Å². The molecule has 2 aliphatic rings. The molecule has 2 heterocycles. The van der Waals surface area contributed by atoms with Gasteiger partial charge in [0.15, 0.2) is 6.10 Å². The third-order valence-corrected chi connectivity index (χ3v) is 5.56. The lowest BCUT2D eigenvalue weighted by Gasteiger charge is -2.31. The number of alkyl halides is 2. The number of carbonyl (C=O) groups is 1. The van der Waals surface area contributed by atoms with Crippen molar-refractivity contribution >= 4 is 29.3 Å². The van der Waals surface area contributed by atoms with E-state index in [1.165, 1.54) is 0 Å². The SMILES string of the molecule is O=C1N[C@H](c2cncc(C#CC3CC(F)(F)C3)c2)[C@@H](c2cccc(Cl)c2Cl)O1. The molecule has 2 aromatic rings. The third kappa shape index (κ3) is 3.78. The van der Waals surface area contributed by atoms with Crippen LogP contribution in [0.5, 0.6) is 0 Å². The molecule has 1 saturated carbocycles. The highest BCUT2D eigenvalue weighted by Crippen LogP contribution is 2.42. The first-order chi connectivity index (χ1) is 13.3. The lowest BCUT2D eigenvalue weighted by Crippen LogP contribution is -2.34. The molecule has 0 radical (unpaired) electrons. The Morgan fingerprint density at radius 3 is 2.79 bits per heavy atom. The predicted molar refractivity (Wildman–Crippen MR) is 100 cm³/mol. The van der Waals surface area contributed by atoms with E-state index in [0.717, 1.165) is 0 Å². The molecule has 1 aliphatic carbocycles. The molecule has 2 atom stereocenters. The van der Waals surface area contributed by atoms with E-state index in [1.54, 1.807) is 36.7 Å². The van der Waals surface area contributed by atoms with Gasteiger partial charge in [0.1, 0.15) is 6.04 Å². The van der Waals surface area contributed by atoms with Crippen LogP contribution >= 0.6 is 23.2 Å². The predicted octanol–water partition coefficient (Wildman–Crippen LogP) is 5.31. The maximum atomic E-state index is 12.9. The van der Waals surface area contributed by atoms with Crippen molar-refractivity contribution in [2.75, 3.05) is 0 Å². The van der Waals surface area contributed by atoms with Gasteiger partial charge in [-0.15, -0.1) is 0 Å². The average molecular weight is 423 g/mol. The van der Waals surface area contributed by atoms with Gasteiger partial charge < -0.3 is 10.1 Å². The molecule has 28 heavy (non-hydrogen) atoms. The number of nitrogens with one attached hydrogen (secondary N) is 1. The molecule has 4 nitrogen and oxygen atoms in total. The number of cyclic esters (lactones) is 1. The Balaban J connectivity index is 1.60. The molecule has 4 rings (SSSR count). The van der Waals surface area contributed by atoms with E-state index in [2.05, 4.69) is 22.1 Å². The number of ether oxygens (including phenoxy) is 1. The quantitative estimate of drug-likeness (QED) is 0.667. The van der Waals surface area contributed by atoms with Gasteiger partial charge in [-0.25, -0.2) is 13.6 Å². The van der Waals surface area contributed by atoms with Crippen LogP contribution in [0.15, 0.2) is 36.7 Å². The molecular weight excluding hydrogens is 409 g/mol. The summed E-state index contributed by atoms with van der Waals surface area (Å²) in [5.41, 5.74) is 1.81. The van der Waals surface area contributed by atoms with E-state index in [0.29, 0.717) is 26.7 Å². The number of aromatic nitrogens is 1. The number of nitrogens with zero attached hydrogens (tertiary/aromatic N) is 1. The zero-order chi connectivity index (χ0) is 19.9. The second kappa shape index (κ2) is 7.23. The molecule has 1 aromatic carbocycles. The summed E-state index contributed by atoms with van der Waals surface area (Å²) in [5.74, 6) is 2.82. The highest BCUT2D eigenvalue weighted by atomic mass is 35.5. The van der Waals surface area contributed by atoms with Crippen LogP contribution in [0.2, 0.25) is 10.0 Å². The molecule has 1 saturated heterocycles. The zero-order valence-electron chi connectivity index (χ0n) is 14.4. The Hall–Kier alpha value is -2.36. The van der Waals surface area contributed by atoms with Crippen LogP contribution in [-0.2, 0) is 4.74 Å². The number of carbonyl (C=O) groups excluding carboxylic acids is 1. The van der Waals surface area contributed by atoms with Gasteiger partial charge in [-0.2, -0.15) is 0 Å². The molecule has 2 fully saturated rings. The minimum atomic E-state index is -2.60. The average Bonchev–Trinajstić information content (AvgIpc) is 3.02. The molecule has 0 bridgehead atoms. The van der Waals surface area contributed by atoms with Gasteiger partial charge in [-0.05, 0) is 17.7 Å². The molecule has 1 N–H and O–H groups in total. The van der Waals surface area contributed by atoms with Gasteiger partial charge in [0.2, 0.25) is 0 Å². The van der Waals surface area contributed by atoms with E-state index in [-0.39, 0.29) is 18.8 Å². The molecule has 1 amide bonds. The summed E-state index contributed by atoms with van der Waals surface area (Å²) in [7, 11) is 0. The van der Waals surface area contributed by atoms with Crippen molar-refractivity contribution in [3.8, 4) is 11.8 Å². The monoisotopic (exact) mass is 422 g/mol. The number of alkyl carbamates (subject to hydrolysis) is 1. The van der Waals surface area contributed by atoms with Crippen molar-refractivity contribution < 1.29 is 18.3 Å². The van der Waals surface area contributed by atoms with Crippen molar-refractivity contribution in [3.05, 3.63) is 63.4 Å². The summed E-state index contributed by atoms with van der Waals surface area (Å²) in [6.07, 6.45) is 1.44. The number of benzene rings is 1. The van der Waals surface area contributed by atoms with E-state index >= 15 is 0 Å². The summed E-state index contributed by atoms with van der Waals surface area (Å²) in [4.78, 5) is 16.0. The van der Waals surface area contributed by atoms with Crippen LogP contribution in [0, 0.1) is 17.8 Å². The topological polar surface area (TPSA) is 51.2 Å². The molecule has 1 aromatic heterocycles. The first-order valence-corrected chi connectivity index (χ1v) is 9.33. The summed E-state index contributed by atoms with van der Waals surface area (Å²) in [5, 5.41) is 3.41. The van der Waals surface area contributed by atoms with Crippen molar-refractivity contribution in [1.82, 2.24) is 10.3 Å². The summed E-state index contributed by atoms with van der Waals surface area (Å²) in [6, 6.07) is 6.32. The molecule has 144 valence electrons. The Kier molecular flexibility index (Phi) is 4.90. The normalized spacial score (nSPS) is 23.2. The van der Waals surface area contributed by atoms with Gasteiger partial charge in [-0.1, -0.05) is 47.2 Å². The van der Waals surface area contributed by atoms with E-state index in [9.17, 15) is 13.6 Å². The fourth-order valence-corrected chi connectivity index (χ4v) is 3.72. The Labute approximate surface area is 170 Å². The van der Waals surface area contributed by atoms with Gasteiger partial charge in [0, 0.05) is 42.3 Å². The Bertz CT molecular complexity index is 995. The maximum Gasteiger partial charge on any atom is 0.408 e. The lowest BCUT2D eigenvalue weighted by atomic mass is 9.82. The highest BCUT2D eigenvalue weighted by Gasteiger charge is 2.44. The molecule has 1 aliphatic heterocycles. The first kappa shape index (κ1) is 19.0. The number of hydrogen-bond donors (Lipinski definition) is 1. The third-order valence-electron chi connectivity index (χ3n) is 4.73. The standard InChI is InChI=1S/C20H14Cl2F2N2O2/c21-15-3-1-2-14(16(15)22)18-17(26-19(27)28-18)13-6-11(9-25-10-13)4-5-12-7-20(23,24)8-12/h1-3,6,9-10,12,17-18H,7-8H2,(H,26,27)/t17-,18-/m1/s1. The van der Waals surface area contributed by atoms with Crippen LogP contribution in [0.3, 0.4) is 0 Å². The van der Waals surface area contributed by atoms with Crippen molar-refractivity contribution in [3.63, 3.8) is 0 Å². The van der Waals surface area contributed by atoms with Gasteiger partial charge in [0.25, 0.3) is 5.92 Å². The number of halogens is 4. The Morgan fingerprint density at radius 2 is 2.04 bits per heavy atom. The van der Waals surface area contributed by atoms with E-state index in [4.69, 9.17) is 27.9 Å². The second-order valence-electron chi connectivity index (χ2n) is 6.83. The number of pyridine rings is 1. The fraction of sp³-hybridized carbons (Fsp3) is 0.300. The van der Waals surface area contributed by atoms with E-state index in [1.807, 2.05) is 0 Å². The summed E-state index contributed by atoms with van der Waals surface area (Å²) < 4.78 is 31.3. The minimum Gasteiger partial charge on any atom is -0.439 e.